The summed E-state index contributed by atoms with van der Waals surface area (Å²) in [7, 11) is 0. The zero-order chi connectivity index (χ0) is 17.7. The number of nitrogen functional groups attached to an aromatic ring is 1. The molecule has 3 N–H and O–H groups in total. The fourth-order valence-electron chi connectivity index (χ4n) is 3.00. The standard InChI is InChI=1S/C16H18N8O/c1-7(2)4-9-15-18-6-19-24(15)5-10(20-9)13-21-12(17)11-8(3)16(25)23-14(11)22-13/h5-8H,4H2,1-3H3,(H3,17,21,22,23,25)/t8-/m1/s1. The van der Waals surface area contributed by atoms with Crippen molar-refractivity contribution in [1.29, 1.82) is 0 Å². The van der Waals surface area contributed by atoms with E-state index in [9.17, 15) is 4.79 Å². The van der Waals surface area contributed by atoms with E-state index in [-0.39, 0.29) is 17.6 Å². The number of anilines is 2. The van der Waals surface area contributed by atoms with Gasteiger partial charge in [-0.2, -0.15) is 5.10 Å². The number of hydrogen-bond acceptors (Lipinski definition) is 7. The summed E-state index contributed by atoms with van der Waals surface area (Å²) < 4.78 is 1.66. The van der Waals surface area contributed by atoms with Crippen molar-refractivity contribution in [2.24, 2.45) is 5.92 Å². The normalized spacial score (nSPS) is 16.5. The van der Waals surface area contributed by atoms with Gasteiger partial charge in [0.25, 0.3) is 0 Å². The van der Waals surface area contributed by atoms with Crippen LogP contribution in [0, 0.1) is 5.92 Å². The van der Waals surface area contributed by atoms with E-state index in [2.05, 4.69) is 44.2 Å². The number of rotatable bonds is 3. The molecule has 0 radical (unpaired) electrons. The van der Waals surface area contributed by atoms with Gasteiger partial charge in [-0.15, -0.1) is 0 Å². The molecule has 1 aliphatic heterocycles. The summed E-state index contributed by atoms with van der Waals surface area (Å²) in [6.45, 7) is 6.01. The third-order valence-corrected chi connectivity index (χ3v) is 4.20. The predicted molar refractivity (Wildman–Crippen MR) is 91.8 cm³/mol. The molecule has 0 spiro atoms. The number of nitrogens with zero attached hydrogens (tertiary/aromatic N) is 6. The number of aromatic nitrogens is 6. The topological polar surface area (TPSA) is 124 Å². The number of carbonyl (C=O) groups is 1. The van der Waals surface area contributed by atoms with E-state index < -0.39 is 0 Å². The number of fused-ring (bicyclic) bond motifs is 2. The molecule has 4 heterocycles. The molecule has 0 bridgehead atoms. The first-order valence-corrected chi connectivity index (χ1v) is 8.12. The van der Waals surface area contributed by atoms with Gasteiger partial charge in [0.2, 0.25) is 5.91 Å². The fraction of sp³-hybridized carbons (Fsp3) is 0.375. The fourth-order valence-corrected chi connectivity index (χ4v) is 3.00. The van der Waals surface area contributed by atoms with Crippen LogP contribution in [0.3, 0.4) is 0 Å². The van der Waals surface area contributed by atoms with E-state index in [0.717, 1.165) is 12.1 Å². The Morgan fingerprint density at radius 2 is 2.12 bits per heavy atom. The van der Waals surface area contributed by atoms with Crippen molar-refractivity contribution in [1.82, 2.24) is 29.5 Å². The Labute approximate surface area is 143 Å². The van der Waals surface area contributed by atoms with Crippen molar-refractivity contribution in [3.05, 3.63) is 23.8 Å². The Bertz CT molecular complexity index is 993. The average Bonchev–Trinajstić information content (AvgIpc) is 3.12. The monoisotopic (exact) mass is 338 g/mol. The lowest BCUT2D eigenvalue weighted by Gasteiger charge is -2.10. The quantitative estimate of drug-likeness (QED) is 0.740. The molecule has 0 saturated heterocycles. The van der Waals surface area contributed by atoms with Crippen LogP contribution in [-0.2, 0) is 11.2 Å². The first-order chi connectivity index (χ1) is 11.9. The first-order valence-electron chi connectivity index (χ1n) is 8.12. The Morgan fingerprint density at radius 1 is 1.32 bits per heavy atom. The van der Waals surface area contributed by atoms with E-state index in [4.69, 9.17) is 5.73 Å². The maximum atomic E-state index is 11.9. The Kier molecular flexibility index (Phi) is 3.38. The van der Waals surface area contributed by atoms with Gasteiger partial charge in [0, 0.05) is 5.56 Å². The van der Waals surface area contributed by atoms with E-state index >= 15 is 0 Å². The van der Waals surface area contributed by atoms with Gasteiger partial charge in [0.1, 0.15) is 23.7 Å². The van der Waals surface area contributed by atoms with E-state index in [1.165, 1.54) is 6.33 Å². The molecular weight excluding hydrogens is 320 g/mol. The number of hydrogen-bond donors (Lipinski definition) is 2. The van der Waals surface area contributed by atoms with Crippen LogP contribution in [0.5, 0.6) is 0 Å². The summed E-state index contributed by atoms with van der Waals surface area (Å²) in [5.74, 6) is 1.02. The van der Waals surface area contributed by atoms with E-state index in [1.54, 1.807) is 17.6 Å². The number of amides is 1. The first kappa shape index (κ1) is 15.4. The smallest absolute Gasteiger partial charge is 0.233 e. The highest BCUT2D eigenvalue weighted by atomic mass is 16.2. The predicted octanol–water partition coefficient (Wildman–Crippen LogP) is 1.42. The van der Waals surface area contributed by atoms with Crippen molar-refractivity contribution in [3.8, 4) is 11.5 Å². The minimum absolute atomic E-state index is 0.131. The van der Waals surface area contributed by atoms with Crippen LogP contribution in [0.25, 0.3) is 17.2 Å². The van der Waals surface area contributed by atoms with Crippen LogP contribution < -0.4 is 11.1 Å². The highest BCUT2D eigenvalue weighted by molar-refractivity contribution is 6.03. The summed E-state index contributed by atoms with van der Waals surface area (Å²) >= 11 is 0. The van der Waals surface area contributed by atoms with Gasteiger partial charge < -0.3 is 11.1 Å². The molecule has 4 rings (SSSR count). The van der Waals surface area contributed by atoms with Crippen LogP contribution in [0.1, 0.15) is 37.9 Å². The molecular formula is C16H18N8O. The second kappa shape index (κ2) is 5.47. The Morgan fingerprint density at radius 3 is 2.88 bits per heavy atom. The second-order valence-electron chi connectivity index (χ2n) is 6.60. The molecule has 1 atom stereocenters. The number of nitrogens with one attached hydrogen (secondary N) is 1. The zero-order valence-corrected chi connectivity index (χ0v) is 14.2. The Hall–Kier alpha value is -3.10. The van der Waals surface area contributed by atoms with Gasteiger partial charge in [0.15, 0.2) is 11.5 Å². The molecule has 0 fully saturated rings. The lowest BCUT2D eigenvalue weighted by atomic mass is 10.1. The summed E-state index contributed by atoms with van der Waals surface area (Å²) in [5.41, 5.74) is 8.78. The molecule has 0 saturated carbocycles. The molecule has 128 valence electrons. The van der Waals surface area contributed by atoms with Crippen molar-refractivity contribution in [3.63, 3.8) is 0 Å². The molecule has 9 nitrogen and oxygen atoms in total. The highest BCUT2D eigenvalue weighted by Crippen LogP contribution is 2.35. The van der Waals surface area contributed by atoms with E-state index in [0.29, 0.717) is 34.5 Å². The minimum Gasteiger partial charge on any atom is -0.383 e. The lowest BCUT2D eigenvalue weighted by Crippen LogP contribution is -2.09. The van der Waals surface area contributed by atoms with Gasteiger partial charge in [-0.05, 0) is 19.3 Å². The number of nitrogens with two attached hydrogens (primary N) is 1. The molecule has 1 aliphatic rings. The SMILES string of the molecule is CC(C)Cc1nc(-c2nc(N)c3c(n2)NC(=O)[C@@H]3C)cn2ncnc12. The summed E-state index contributed by atoms with van der Waals surface area (Å²) in [6.07, 6.45) is 3.96. The lowest BCUT2D eigenvalue weighted by molar-refractivity contribution is -0.116. The van der Waals surface area contributed by atoms with Crippen LogP contribution in [0.4, 0.5) is 11.6 Å². The maximum Gasteiger partial charge on any atom is 0.233 e. The van der Waals surface area contributed by atoms with Crippen molar-refractivity contribution >= 4 is 23.2 Å². The third-order valence-electron chi connectivity index (χ3n) is 4.20. The van der Waals surface area contributed by atoms with Crippen molar-refractivity contribution in [2.45, 2.75) is 33.1 Å². The van der Waals surface area contributed by atoms with Crippen molar-refractivity contribution in [2.75, 3.05) is 11.1 Å². The summed E-state index contributed by atoms with van der Waals surface area (Å²) in [5, 5.41) is 6.95. The molecule has 1 amide bonds. The van der Waals surface area contributed by atoms with Crippen LogP contribution in [0.2, 0.25) is 0 Å². The zero-order valence-electron chi connectivity index (χ0n) is 14.2. The van der Waals surface area contributed by atoms with E-state index in [1.807, 2.05) is 0 Å². The third kappa shape index (κ3) is 2.48. The Balaban J connectivity index is 1.87. The van der Waals surface area contributed by atoms with Gasteiger partial charge in [-0.25, -0.2) is 24.5 Å². The molecule has 3 aromatic heterocycles. The highest BCUT2D eigenvalue weighted by Gasteiger charge is 2.31. The molecule has 0 aromatic carbocycles. The molecule has 25 heavy (non-hydrogen) atoms. The minimum atomic E-state index is -0.355. The summed E-state index contributed by atoms with van der Waals surface area (Å²) in [6, 6.07) is 0. The largest absolute Gasteiger partial charge is 0.383 e. The van der Waals surface area contributed by atoms with Gasteiger partial charge in [-0.1, -0.05) is 13.8 Å². The molecule has 9 heteroatoms. The summed E-state index contributed by atoms with van der Waals surface area (Å²) in [4.78, 5) is 29.6. The molecule has 3 aromatic rings. The van der Waals surface area contributed by atoms with Crippen LogP contribution >= 0.6 is 0 Å². The van der Waals surface area contributed by atoms with Gasteiger partial charge >= 0.3 is 0 Å². The van der Waals surface area contributed by atoms with Gasteiger partial charge in [0.05, 0.1) is 17.8 Å². The van der Waals surface area contributed by atoms with Crippen LogP contribution in [-0.4, -0.2) is 35.5 Å². The van der Waals surface area contributed by atoms with Crippen molar-refractivity contribution < 1.29 is 4.79 Å². The van der Waals surface area contributed by atoms with Crippen LogP contribution in [0.15, 0.2) is 12.5 Å². The van der Waals surface area contributed by atoms with Gasteiger partial charge in [-0.3, -0.25) is 4.79 Å². The molecule has 0 unspecified atom stereocenters. The number of carbonyl (C=O) groups excluding carboxylic acids is 1. The second-order valence-corrected chi connectivity index (χ2v) is 6.60. The average molecular weight is 338 g/mol. The molecule has 0 aliphatic carbocycles. The maximum absolute atomic E-state index is 11.9.